The van der Waals surface area contributed by atoms with Gasteiger partial charge in [-0.05, 0) is 31.4 Å². The van der Waals surface area contributed by atoms with Gasteiger partial charge in [-0.25, -0.2) is 0 Å². The van der Waals surface area contributed by atoms with E-state index in [0.29, 0.717) is 0 Å². The Labute approximate surface area is 88.9 Å². The van der Waals surface area contributed by atoms with E-state index in [2.05, 4.69) is 19.9 Å². The van der Waals surface area contributed by atoms with Gasteiger partial charge in [0.05, 0.1) is 4.34 Å². The first-order chi connectivity index (χ1) is 6.09. The highest BCUT2D eigenvalue weighted by atomic mass is 35.5. The molecule has 0 amide bonds. The maximum Gasteiger partial charge on any atom is 0.0931 e. The molecule has 0 bridgehead atoms. The van der Waals surface area contributed by atoms with Crippen molar-refractivity contribution in [2.75, 3.05) is 0 Å². The molecule has 0 unspecified atom stereocenters. The summed E-state index contributed by atoms with van der Waals surface area (Å²) in [6.07, 6.45) is 2.97. The Hall–Kier alpha value is -0.0500. The Bertz CT molecular complexity index is 266. The van der Waals surface area contributed by atoms with Gasteiger partial charge in [0, 0.05) is 10.4 Å². The first kappa shape index (κ1) is 11.0. The highest BCUT2D eigenvalue weighted by molar-refractivity contribution is 7.16. The average Bonchev–Trinajstić information content (AvgIpc) is 2.51. The van der Waals surface area contributed by atoms with Crippen molar-refractivity contribution in [1.29, 1.82) is 0 Å². The summed E-state index contributed by atoms with van der Waals surface area (Å²) in [4.78, 5) is 1.29. The summed E-state index contributed by atoms with van der Waals surface area (Å²) < 4.78 is 0.851. The fraction of sp³-hybridized carbons (Fsp3) is 0.600. The highest BCUT2D eigenvalue weighted by Gasteiger charge is 2.21. The molecule has 1 heterocycles. The van der Waals surface area contributed by atoms with E-state index >= 15 is 0 Å². The van der Waals surface area contributed by atoms with Crippen molar-refractivity contribution in [3.8, 4) is 0 Å². The van der Waals surface area contributed by atoms with Gasteiger partial charge in [0.1, 0.15) is 0 Å². The number of thiophene rings is 1. The second-order valence-electron chi connectivity index (χ2n) is 3.45. The molecular weight excluding hydrogens is 202 g/mol. The largest absolute Gasteiger partial charge is 0.325 e. The summed E-state index contributed by atoms with van der Waals surface area (Å²) >= 11 is 7.48. The van der Waals surface area contributed by atoms with Crippen LogP contribution in [-0.2, 0) is 6.42 Å². The van der Waals surface area contributed by atoms with E-state index in [1.807, 2.05) is 6.07 Å². The monoisotopic (exact) mass is 217 g/mol. The fourth-order valence-corrected chi connectivity index (χ4v) is 2.54. The van der Waals surface area contributed by atoms with Crippen LogP contribution < -0.4 is 5.73 Å². The summed E-state index contributed by atoms with van der Waals surface area (Å²) in [5.74, 6) is 0. The smallest absolute Gasteiger partial charge is 0.0931 e. The minimum absolute atomic E-state index is 0.0474. The minimum Gasteiger partial charge on any atom is -0.325 e. The zero-order valence-corrected chi connectivity index (χ0v) is 9.71. The third-order valence-electron chi connectivity index (χ3n) is 2.56. The van der Waals surface area contributed by atoms with Crippen molar-refractivity contribution in [2.45, 2.75) is 38.6 Å². The van der Waals surface area contributed by atoms with E-state index in [1.165, 1.54) is 4.88 Å². The van der Waals surface area contributed by atoms with Crippen LogP contribution in [0.25, 0.3) is 0 Å². The maximum atomic E-state index is 6.20. The van der Waals surface area contributed by atoms with Gasteiger partial charge in [-0.1, -0.05) is 25.4 Å². The molecule has 0 atom stereocenters. The molecule has 0 aliphatic rings. The average molecular weight is 218 g/mol. The maximum absolute atomic E-state index is 6.20. The summed E-state index contributed by atoms with van der Waals surface area (Å²) in [7, 11) is 0. The zero-order chi connectivity index (χ0) is 9.90. The molecule has 1 aromatic heterocycles. The molecule has 0 aromatic carbocycles. The van der Waals surface area contributed by atoms with Crippen LogP contribution in [0.15, 0.2) is 12.1 Å². The molecule has 3 heteroatoms. The second-order valence-corrected chi connectivity index (χ2v) is 5.25. The van der Waals surface area contributed by atoms with Crippen LogP contribution in [0.3, 0.4) is 0 Å². The van der Waals surface area contributed by atoms with Gasteiger partial charge in [-0.15, -0.1) is 11.3 Å². The van der Waals surface area contributed by atoms with Crippen molar-refractivity contribution in [3.63, 3.8) is 0 Å². The topological polar surface area (TPSA) is 26.0 Å². The normalized spacial score (nSPS) is 12.0. The van der Waals surface area contributed by atoms with Gasteiger partial charge in [0.15, 0.2) is 0 Å². The molecule has 0 radical (unpaired) electrons. The fourth-order valence-electron chi connectivity index (χ4n) is 1.29. The van der Waals surface area contributed by atoms with Crippen molar-refractivity contribution in [1.82, 2.24) is 0 Å². The lowest BCUT2D eigenvalue weighted by molar-refractivity contribution is 0.396. The van der Waals surface area contributed by atoms with E-state index in [1.54, 1.807) is 11.3 Å². The van der Waals surface area contributed by atoms with Crippen molar-refractivity contribution < 1.29 is 0 Å². The molecule has 0 saturated carbocycles. The number of hydrogen-bond acceptors (Lipinski definition) is 2. The summed E-state index contributed by atoms with van der Waals surface area (Å²) in [5.41, 5.74) is 6.15. The van der Waals surface area contributed by atoms with Crippen LogP contribution in [0.1, 0.15) is 31.6 Å². The third-order valence-corrected chi connectivity index (χ3v) is 3.79. The SMILES string of the molecule is CCC(N)(CC)Cc1ccc(Cl)s1. The summed E-state index contributed by atoms with van der Waals surface area (Å²) in [6.45, 7) is 4.28. The Morgan fingerprint density at radius 1 is 1.38 bits per heavy atom. The predicted molar refractivity (Wildman–Crippen MR) is 60.5 cm³/mol. The molecule has 13 heavy (non-hydrogen) atoms. The number of hydrogen-bond donors (Lipinski definition) is 1. The number of halogens is 1. The van der Waals surface area contributed by atoms with Gasteiger partial charge in [-0.3, -0.25) is 0 Å². The third kappa shape index (κ3) is 2.97. The molecule has 0 aliphatic heterocycles. The van der Waals surface area contributed by atoms with E-state index in [-0.39, 0.29) is 5.54 Å². The van der Waals surface area contributed by atoms with Crippen LogP contribution in [0, 0.1) is 0 Å². The van der Waals surface area contributed by atoms with E-state index in [4.69, 9.17) is 17.3 Å². The van der Waals surface area contributed by atoms with E-state index in [9.17, 15) is 0 Å². The van der Waals surface area contributed by atoms with E-state index < -0.39 is 0 Å². The number of rotatable bonds is 4. The van der Waals surface area contributed by atoms with Crippen molar-refractivity contribution >= 4 is 22.9 Å². The predicted octanol–water partition coefficient (Wildman–Crippen LogP) is 3.46. The summed E-state index contributed by atoms with van der Waals surface area (Å²) in [5, 5.41) is 0. The molecule has 0 spiro atoms. The highest BCUT2D eigenvalue weighted by Crippen LogP contribution is 2.26. The lowest BCUT2D eigenvalue weighted by atomic mass is 9.90. The molecule has 0 fully saturated rings. The standard InChI is InChI=1S/C10H16ClNS/c1-3-10(12,4-2)7-8-5-6-9(11)13-8/h5-6H,3-4,7,12H2,1-2H3. The Balaban J connectivity index is 2.67. The van der Waals surface area contributed by atoms with E-state index in [0.717, 1.165) is 23.6 Å². The van der Waals surface area contributed by atoms with Crippen molar-refractivity contribution in [3.05, 3.63) is 21.3 Å². The van der Waals surface area contributed by atoms with Gasteiger partial charge in [0.25, 0.3) is 0 Å². The van der Waals surface area contributed by atoms with Gasteiger partial charge in [-0.2, -0.15) is 0 Å². The van der Waals surface area contributed by atoms with Crippen LogP contribution in [0.5, 0.6) is 0 Å². The minimum atomic E-state index is -0.0474. The van der Waals surface area contributed by atoms with Crippen LogP contribution >= 0.6 is 22.9 Å². The number of nitrogens with two attached hydrogens (primary N) is 1. The molecule has 1 nitrogen and oxygen atoms in total. The van der Waals surface area contributed by atoms with Gasteiger partial charge < -0.3 is 5.73 Å². The summed E-state index contributed by atoms with van der Waals surface area (Å²) in [6, 6.07) is 4.01. The van der Waals surface area contributed by atoms with Gasteiger partial charge in [0.2, 0.25) is 0 Å². The lowest BCUT2D eigenvalue weighted by Gasteiger charge is -2.25. The second kappa shape index (κ2) is 4.45. The Morgan fingerprint density at radius 2 is 2.00 bits per heavy atom. The van der Waals surface area contributed by atoms with Gasteiger partial charge >= 0.3 is 0 Å². The Kier molecular flexibility index (Phi) is 3.77. The zero-order valence-electron chi connectivity index (χ0n) is 8.14. The first-order valence-corrected chi connectivity index (χ1v) is 5.82. The Morgan fingerprint density at radius 3 is 2.38 bits per heavy atom. The van der Waals surface area contributed by atoms with Crippen LogP contribution in [-0.4, -0.2) is 5.54 Å². The quantitative estimate of drug-likeness (QED) is 0.822. The molecule has 0 saturated heterocycles. The molecule has 2 N–H and O–H groups in total. The lowest BCUT2D eigenvalue weighted by Crippen LogP contribution is -2.40. The molecule has 0 aliphatic carbocycles. The molecular formula is C10H16ClNS. The first-order valence-electron chi connectivity index (χ1n) is 4.63. The van der Waals surface area contributed by atoms with Crippen LogP contribution in [0.4, 0.5) is 0 Å². The van der Waals surface area contributed by atoms with Crippen molar-refractivity contribution in [2.24, 2.45) is 5.73 Å². The van der Waals surface area contributed by atoms with Crippen LogP contribution in [0.2, 0.25) is 4.34 Å². The molecule has 1 rings (SSSR count). The molecule has 74 valence electrons. The molecule has 1 aromatic rings.